The molecule has 3 aromatic carbocycles. The third-order valence-electron chi connectivity index (χ3n) is 6.37. The fourth-order valence-corrected chi connectivity index (χ4v) is 4.82. The number of nitrogens with one attached hydrogen (secondary N) is 1. The Morgan fingerprint density at radius 1 is 1.06 bits per heavy atom. The third-order valence-corrected chi connectivity index (χ3v) is 6.37. The third kappa shape index (κ3) is 3.63. The molecule has 2 N–H and O–H groups in total. The number of aliphatic hydroxyl groups excluding tert-OH is 1. The van der Waals surface area contributed by atoms with E-state index in [1.54, 1.807) is 18.2 Å². The van der Waals surface area contributed by atoms with Crippen LogP contribution in [-0.2, 0) is 0 Å². The predicted octanol–water partition coefficient (Wildman–Crippen LogP) is 4.22. The Hall–Kier alpha value is -3.62. The van der Waals surface area contributed by atoms with Gasteiger partial charge in [-0.05, 0) is 54.4 Å². The molecule has 4 nitrogen and oxygen atoms in total. The van der Waals surface area contributed by atoms with Crippen molar-refractivity contribution in [2.24, 2.45) is 5.92 Å². The van der Waals surface area contributed by atoms with Crippen LogP contribution in [0.1, 0.15) is 39.5 Å². The molecule has 0 spiro atoms. The van der Waals surface area contributed by atoms with Crippen LogP contribution in [0.5, 0.6) is 0 Å². The minimum Gasteiger partial charge on any atom is -0.394 e. The lowest BCUT2D eigenvalue weighted by Crippen LogP contribution is -2.42. The molecule has 0 aromatic heterocycles. The normalized spacial score (nSPS) is 21.1. The largest absolute Gasteiger partial charge is 0.394 e. The molecule has 160 valence electrons. The van der Waals surface area contributed by atoms with Crippen LogP contribution in [0.2, 0.25) is 0 Å². The number of hydrogen-bond acceptors (Lipinski definition) is 3. The van der Waals surface area contributed by atoms with Gasteiger partial charge >= 0.3 is 0 Å². The summed E-state index contributed by atoms with van der Waals surface area (Å²) in [6.45, 7) is 0.634. The van der Waals surface area contributed by atoms with Crippen LogP contribution < -0.4 is 5.32 Å². The maximum absolute atomic E-state index is 13.9. The molecule has 0 aliphatic carbocycles. The van der Waals surface area contributed by atoms with Crippen molar-refractivity contribution in [1.82, 2.24) is 4.90 Å². The van der Waals surface area contributed by atoms with Crippen LogP contribution in [0.15, 0.2) is 72.8 Å². The topological polar surface area (TPSA) is 52.6 Å². The van der Waals surface area contributed by atoms with Gasteiger partial charge in [0, 0.05) is 29.3 Å². The van der Waals surface area contributed by atoms with Gasteiger partial charge in [-0.1, -0.05) is 42.2 Å². The van der Waals surface area contributed by atoms with Gasteiger partial charge in [-0.2, -0.15) is 0 Å². The molecule has 0 unspecified atom stereocenters. The Labute approximate surface area is 186 Å². The number of likely N-dealkylation sites (tertiary alicyclic amines) is 1. The zero-order valence-electron chi connectivity index (χ0n) is 17.5. The molecule has 1 saturated heterocycles. The molecular weight excluding hydrogens is 403 g/mol. The Morgan fingerprint density at radius 2 is 1.84 bits per heavy atom. The average molecular weight is 426 g/mol. The highest BCUT2D eigenvalue weighted by Crippen LogP contribution is 2.47. The number of amides is 1. The Morgan fingerprint density at radius 3 is 2.62 bits per heavy atom. The van der Waals surface area contributed by atoms with Gasteiger partial charge < -0.3 is 15.3 Å². The van der Waals surface area contributed by atoms with Crippen molar-refractivity contribution < 1.29 is 14.3 Å². The van der Waals surface area contributed by atoms with E-state index in [2.05, 4.69) is 17.2 Å². The molecule has 2 heterocycles. The summed E-state index contributed by atoms with van der Waals surface area (Å²) in [7, 11) is 0. The molecule has 3 aromatic rings. The number of anilines is 1. The summed E-state index contributed by atoms with van der Waals surface area (Å²) < 4.78 is 13.9. The molecule has 5 heteroatoms. The van der Waals surface area contributed by atoms with Crippen molar-refractivity contribution in [3.63, 3.8) is 0 Å². The summed E-state index contributed by atoms with van der Waals surface area (Å²) in [5, 5.41) is 13.4. The van der Waals surface area contributed by atoms with Crippen molar-refractivity contribution in [3.05, 3.63) is 101 Å². The SMILES string of the molecule is O=C(c1ccccc1)N1CC[C@@H]2[C@H]1c1cc(C#Cc3ccccc3F)ccc1N[C@@H]2CO. The van der Waals surface area contributed by atoms with Crippen LogP contribution >= 0.6 is 0 Å². The van der Waals surface area contributed by atoms with Gasteiger partial charge in [0.15, 0.2) is 0 Å². The number of halogens is 1. The van der Waals surface area contributed by atoms with Gasteiger partial charge in [-0.3, -0.25) is 4.79 Å². The first kappa shape index (κ1) is 20.3. The van der Waals surface area contributed by atoms with Crippen LogP contribution in [-0.4, -0.2) is 35.1 Å². The molecule has 0 radical (unpaired) electrons. The second-order valence-corrected chi connectivity index (χ2v) is 8.23. The smallest absolute Gasteiger partial charge is 0.254 e. The minimum atomic E-state index is -0.346. The van der Waals surface area contributed by atoms with Crippen molar-refractivity contribution in [3.8, 4) is 11.8 Å². The van der Waals surface area contributed by atoms with E-state index in [9.17, 15) is 14.3 Å². The number of rotatable bonds is 2. The zero-order chi connectivity index (χ0) is 22.1. The van der Waals surface area contributed by atoms with Gasteiger partial charge in [-0.25, -0.2) is 4.39 Å². The molecule has 2 aliphatic heterocycles. The lowest BCUT2D eigenvalue weighted by Gasteiger charge is -2.39. The number of benzene rings is 3. The van der Waals surface area contributed by atoms with Gasteiger partial charge in [0.1, 0.15) is 5.82 Å². The van der Waals surface area contributed by atoms with E-state index in [4.69, 9.17) is 0 Å². The van der Waals surface area contributed by atoms with Crippen molar-refractivity contribution in [1.29, 1.82) is 0 Å². The van der Waals surface area contributed by atoms with Crippen LogP contribution in [0.25, 0.3) is 0 Å². The number of carbonyl (C=O) groups excluding carboxylic acids is 1. The molecule has 0 bridgehead atoms. The highest BCUT2D eigenvalue weighted by molar-refractivity contribution is 5.95. The van der Waals surface area contributed by atoms with E-state index >= 15 is 0 Å². The molecule has 5 rings (SSSR count). The quantitative estimate of drug-likeness (QED) is 0.604. The Bertz CT molecular complexity index is 1220. The van der Waals surface area contributed by atoms with E-state index in [0.717, 1.165) is 23.2 Å². The summed E-state index contributed by atoms with van der Waals surface area (Å²) in [5.74, 6) is 5.72. The standard InChI is InChI=1S/C27H23FN2O2/c28-23-9-5-4-6-19(23)12-10-18-11-13-24-22(16-18)26-21(25(17-31)29-24)14-15-30(26)27(32)20-7-2-1-3-8-20/h1-9,11,13,16,21,25-26,29,31H,14-15,17H2/t21-,25+,26-/m0/s1. The van der Waals surface area contributed by atoms with Gasteiger partial charge in [0.2, 0.25) is 0 Å². The molecule has 1 fully saturated rings. The van der Waals surface area contributed by atoms with E-state index in [1.165, 1.54) is 6.07 Å². The first-order valence-corrected chi connectivity index (χ1v) is 10.8. The second-order valence-electron chi connectivity index (χ2n) is 8.23. The number of hydrogen-bond donors (Lipinski definition) is 2. The first-order chi connectivity index (χ1) is 15.7. The minimum absolute atomic E-state index is 0.00279. The molecule has 3 atom stereocenters. The predicted molar refractivity (Wildman–Crippen MR) is 122 cm³/mol. The summed E-state index contributed by atoms with van der Waals surface area (Å²) in [6.07, 6.45) is 0.812. The maximum atomic E-state index is 13.9. The summed E-state index contributed by atoms with van der Waals surface area (Å²) in [6, 6.07) is 21.3. The van der Waals surface area contributed by atoms with Crippen LogP contribution in [0, 0.1) is 23.6 Å². The highest BCUT2D eigenvalue weighted by Gasteiger charge is 2.45. The van der Waals surface area contributed by atoms with Gasteiger partial charge in [0.05, 0.1) is 24.3 Å². The van der Waals surface area contributed by atoms with Crippen LogP contribution in [0.3, 0.4) is 0 Å². The molecule has 1 amide bonds. The van der Waals surface area contributed by atoms with Gasteiger partial charge in [0.25, 0.3) is 5.91 Å². The zero-order valence-corrected chi connectivity index (χ0v) is 17.5. The maximum Gasteiger partial charge on any atom is 0.254 e. The lowest BCUT2D eigenvalue weighted by molar-refractivity contribution is 0.0701. The number of carbonyl (C=O) groups is 1. The van der Waals surface area contributed by atoms with E-state index in [0.29, 0.717) is 17.7 Å². The van der Waals surface area contributed by atoms with Crippen molar-refractivity contribution >= 4 is 11.6 Å². The molecule has 0 saturated carbocycles. The monoisotopic (exact) mass is 426 g/mol. The number of aliphatic hydroxyl groups is 1. The Balaban J connectivity index is 1.53. The highest BCUT2D eigenvalue weighted by atomic mass is 19.1. The van der Waals surface area contributed by atoms with E-state index in [-0.39, 0.29) is 36.3 Å². The Kier molecular flexibility index (Phi) is 5.38. The average Bonchev–Trinajstić information content (AvgIpc) is 3.29. The fourth-order valence-electron chi connectivity index (χ4n) is 4.82. The number of fused-ring (bicyclic) bond motifs is 3. The summed E-state index contributed by atoms with van der Waals surface area (Å²) in [5.41, 5.74) is 3.65. The van der Waals surface area contributed by atoms with Crippen LogP contribution in [0.4, 0.5) is 10.1 Å². The summed E-state index contributed by atoms with van der Waals surface area (Å²) >= 11 is 0. The van der Waals surface area contributed by atoms with Gasteiger partial charge in [-0.15, -0.1) is 0 Å². The fraction of sp³-hybridized carbons (Fsp3) is 0.222. The molecular formula is C27H23FN2O2. The lowest BCUT2D eigenvalue weighted by atomic mass is 9.82. The van der Waals surface area contributed by atoms with E-state index < -0.39 is 0 Å². The van der Waals surface area contributed by atoms with Crippen molar-refractivity contribution in [2.75, 3.05) is 18.5 Å². The molecule has 32 heavy (non-hydrogen) atoms. The molecule has 2 aliphatic rings. The van der Waals surface area contributed by atoms with Crippen molar-refractivity contribution in [2.45, 2.75) is 18.5 Å². The second kappa shape index (κ2) is 8.49. The number of nitrogens with zero attached hydrogens (tertiary/aromatic N) is 1. The first-order valence-electron chi connectivity index (χ1n) is 10.8. The van der Waals surface area contributed by atoms with E-state index in [1.807, 2.05) is 53.4 Å². The summed E-state index contributed by atoms with van der Waals surface area (Å²) in [4.78, 5) is 15.2.